The van der Waals surface area contributed by atoms with E-state index in [1.165, 1.54) is 48.7 Å². The normalized spacial score (nSPS) is 12.5. The van der Waals surface area contributed by atoms with Gasteiger partial charge in [0.1, 0.15) is 13.2 Å². The minimum Gasteiger partial charge on any atom is -0.486 e. The van der Waals surface area contributed by atoms with Crippen LogP contribution < -0.4 is 24.8 Å². The van der Waals surface area contributed by atoms with E-state index in [0.29, 0.717) is 30.4 Å². The van der Waals surface area contributed by atoms with Crippen LogP contribution in [0.4, 0.5) is 11.4 Å². The van der Waals surface area contributed by atoms with Crippen LogP contribution in [0.15, 0.2) is 71.9 Å². The van der Waals surface area contributed by atoms with Crippen molar-refractivity contribution >= 4 is 33.2 Å². The molecule has 170 valence electrons. The molecule has 0 radical (unpaired) electrons. The summed E-state index contributed by atoms with van der Waals surface area (Å²) in [6, 6.07) is 13.6. The largest absolute Gasteiger partial charge is 0.486 e. The summed E-state index contributed by atoms with van der Waals surface area (Å²) in [6.45, 7) is 0.472. The molecule has 0 unspecified atom stereocenters. The number of anilines is 2. The summed E-state index contributed by atoms with van der Waals surface area (Å²) in [5.41, 5.74) is 0.885. The lowest BCUT2D eigenvalue weighted by Crippen LogP contribution is -2.32. The maximum absolute atomic E-state index is 12.8. The van der Waals surface area contributed by atoms with Gasteiger partial charge in [0, 0.05) is 23.5 Å². The average molecular weight is 468 g/mol. The molecule has 0 atom stereocenters. The van der Waals surface area contributed by atoms with Gasteiger partial charge < -0.3 is 20.1 Å². The first-order chi connectivity index (χ1) is 15.9. The molecule has 2 heterocycles. The van der Waals surface area contributed by atoms with E-state index in [0.717, 1.165) is 0 Å². The van der Waals surface area contributed by atoms with Crippen LogP contribution in [0.5, 0.6) is 11.5 Å². The van der Waals surface area contributed by atoms with Gasteiger partial charge in [0.05, 0.1) is 23.3 Å². The molecule has 1 aliphatic rings. The molecule has 4 rings (SSSR count). The summed E-state index contributed by atoms with van der Waals surface area (Å²) >= 11 is 0. The Kier molecular flexibility index (Phi) is 6.41. The second-order valence-electron chi connectivity index (χ2n) is 6.96. The zero-order valence-corrected chi connectivity index (χ0v) is 18.1. The molecule has 0 aliphatic carbocycles. The van der Waals surface area contributed by atoms with Gasteiger partial charge in [-0.15, -0.1) is 0 Å². The molecule has 3 N–H and O–H groups in total. The Morgan fingerprint density at radius 3 is 2.52 bits per heavy atom. The summed E-state index contributed by atoms with van der Waals surface area (Å²) in [6.07, 6.45) is 3.06. The Hall–Kier alpha value is -4.12. The van der Waals surface area contributed by atoms with Crippen LogP contribution in [-0.2, 0) is 14.8 Å². The predicted molar refractivity (Wildman–Crippen MR) is 120 cm³/mol. The molecule has 10 nitrogen and oxygen atoms in total. The number of nitrogens with one attached hydrogen (secondary N) is 3. The molecule has 3 aromatic rings. The van der Waals surface area contributed by atoms with E-state index < -0.39 is 21.8 Å². The van der Waals surface area contributed by atoms with E-state index in [-0.39, 0.29) is 22.7 Å². The number of rotatable bonds is 7. The monoisotopic (exact) mass is 468 g/mol. The van der Waals surface area contributed by atoms with E-state index >= 15 is 0 Å². The molecule has 1 aromatic heterocycles. The first kappa shape index (κ1) is 22.1. The SMILES string of the molecule is O=C(CNC(=O)c1cccc(NS(=O)(=O)c2ccc3c(c2)OCCO3)c1)Nc1cccnc1. The van der Waals surface area contributed by atoms with E-state index in [9.17, 15) is 18.0 Å². The molecular weight excluding hydrogens is 448 g/mol. The number of hydrogen-bond acceptors (Lipinski definition) is 7. The smallest absolute Gasteiger partial charge is 0.262 e. The number of benzene rings is 2. The van der Waals surface area contributed by atoms with Crippen molar-refractivity contribution in [3.8, 4) is 11.5 Å². The summed E-state index contributed by atoms with van der Waals surface area (Å²) in [4.78, 5) is 28.3. The highest BCUT2D eigenvalue weighted by atomic mass is 32.2. The topological polar surface area (TPSA) is 136 Å². The van der Waals surface area contributed by atoms with E-state index in [1.54, 1.807) is 18.3 Å². The molecule has 0 bridgehead atoms. The quantitative estimate of drug-likeness (QED) is 0.483. The van der Waals surface area contributed by atoms with Gasteiger partial charge in [-0.1, -0.05) is 6.07 Å². The number of fused-ring (bicyclic) bond motifs is 1. The van der Waals surface area contributed by atoms with Gasteiger partial charge in [0.15, 0.2) is 11.5 Å². The molecule has 2 aromatic carbocycles. The number of hydrogen-bond donors (Lipinski definition) is 3. The third-order valence-corrected chi connectivity index (χ3v) is 5.93. The van der Waals surface area contributed by atoms with Crippen LogP contribution in [0, 0.1) is 0 Å². The Balaban J connectivity index is 1.40. The number of amides is 2. The van der Waals surface area contributed by atoms with Gasteiger partial charge in [-0.25, -0.2) is 8.42 Å². The maximum atomic E-state index is 12.8. The Morgan fingerprint density at radius 1 is 0.939 bits per heavy atom. The van der Waals surface area contributed by atoms with Gasteiger partial charge in [0.25, 0.3) is 15.9 Å². The fraction of sp³-hybridized carbons (Fsp3) is 0.136. The van der Waals surface area contributed by atoms with E-state index in [2.05, 4.69) is 20.3 Å². The molecule has 11 heteroatoms. The second kappa shape index (κ2) is 9.57. The fourth-order valence-electron chi connectivity index (χ4n) is 3.03. The number of sulfonamides is 1. The maximum Gasteiger partial charge on any atom is 0.262 e. The van der Waals surface area contributed by atoms with Gasteiger partial charge in [-0.2, -0.15) is 0 Å². The van der Waals surface area contributed by atoms with Crippen molar-refractivity contribution in [2.24, 2.45) is 0 Å². The highest BCUT2D eigenvalue weighted by molar-refractivity contribution is 7.92. The van der Waals surface area contributed by atoms with Crippen molar-refractivity contribution in [1.29, 1.82) is 0 Å². The number of nitrogens with zero attached hydrogens (tertiary/aromatic N) is 1. The molecule has 33 heavy (non-hydrogen) atoms. The third kappa shape index (κ3) is 5.57. The molecule has 2 amide bonds. The number of ether oxygens (including phenoxy) is 2. The first-order valence-electron chi connectivity index (χ1n) is 9.91. The Morgan fingerprint density at radius 2 is 1.73 bits per heavy atom. The standard InChI is InChI=1S/C22H20N4O6S/c27-21(25-17-5-2-8-23-13-17)14-24-22(28)15-3-1-4-16(11-15)26-33(29,30)18-6-7-19-20(12-18)32-10-9-31-19/h1-8,11-13,26H,9-10,14H2,(H,24,28)(H,25,27). The molecule has 0 fully saturated rings. The minimum atomic E-state index is -3.94. The molecular formula is C22H20N4O6S. The van der Waals surface area contributed by atoms with Crippen LogP contribution >= 0.6 is 0 Å². The van der Waals surface area contributed by atoms with Crippen molar-refractivity contribution in [2.45, 2.75) is 4.90 Å². The summed E-state index contributed by atoms with van der Waals surface area (Å²) in [5, 5.41) is 5.10. The lowest BCUT2D eigenvalue weighted by Gasteiger charge is -2.19. The molecule has 0 saturated carbocycles. The van der Waals surface area contributed by atoms with E-state index in [4.69, 9.17) is 9.47 Å². The summed E-state index contributed by atoms with van der Waals surface area (Å²) < 4.78 is 38.9. The highest BCUT2D eigenvalue weighted by Gasteiger charge is 2.20. The minimum absolute atomic E-state index is 0.00585. The third-order valence-electron chi connectivity index (χ3n) is 4.56. The van der Waals surface area contributed by atoms with Crippen molar-refractivity contribution in [2.75, 3.05) is 29.8 Å². The molecule has 0 saturated heterocycles. The fourth-order valence-corrected chi connectivity index (χ4v) is 4.10. The van der Waals surface area contributed by atoms with Crippen molar-refractivity contribution in [1.82, 2.24) is 10.3 Å². The number of aromatic nitrogens is 1. The van der Waals surface area contributed by atoms with Crippen molar-refractivity contribution in [3.05, 3.63) is 72.6 Å². The lowest BCUT2D eigenvalue weighted by molar-refractivity contribution is -0.115. The summed E-state index contributed by atoms with van der Waals surface area (Å²) in [5.74, 6) is -0.128. The van der Waals surface area contributed by atoms with Gasteiger partial charge in [-0.3, -0.25) is 19.3 Å². The number of pyridine rings is 1. The Labute approximate surface area is 190 Å². The lowest BCUT2D eigenvalue weighted by atomic mass is 10.2. The van der Waals surface area contributed by atoms with Crippen LogP contribution in [0.25, 0.3) is 0 Å². The van der Waals surface area contributed by atoms with Crippen LogP contribution in [0.2, 0.25) is 0 Å². The molecule has 1 aliphatic heterocycles. The van der Waals surface area contributed by atoms with Gasteiger partial charge in [-0.05, 0) is 42.5 Å². The van der Waals surface area contributed by atoms with Crippen molar-refractivity contribution < 1.29 is 27.5 Å². The number of carbonyl (C=O) groups excluding carboxylic acids is 2. The second-order valence-corrected chi connectivity index (χ2v) is 8.65. The van der Waals surface area contributed by atoms with Crippen LogP contribution in [0.3, 0.4) is 0 Å². The predicted octanol–water partition coefficient (Wildman–Crippen LogP) is 2.02. The van der Waals surface area contributed by atoms with Gasteiger partial charge >= 0.3 is 0 Å². The van der Waals surface area contributed by atoms with Crippen LogP contribution in [-0.4, -0.2) is 45.0 Å². The van der Waals surface area contributed by atoms with Gasteiger partial charge in [0.2, 0.25) is 5.91 Å². The summed E-state index contributed by atoms with van der Waals surface area (Å²) in [7, 11) is -3.94. The number of carbonyl (C=O) groups is 2. The molecule has 0 spiro atoms. The zero-order valence-electron chi connectivity index (χ0n) is 17.3. The van der Waals surface area contributed by atoms with Crippen molar-refractivity contribution in [3.63, 3.8) is 0 Å². The van der Waals surface area contributed by atoms with E-state index in [1.807, 2.05) is 0 Å². The average Bonchev–Trinajstić information content (AvgIpc) is 2.83. The highest BCUT2D eigenvalue weighted by Crippen LogP contribution is 2.32. The first-order valence-corrected chi connectivity index (χ1v) is 11.4. The zero-order chi connectivity index (χ0) is 23.3. The van der Waals surface area contributed by atoms with Crippen LogP contribution in [0.1, 0.15) is 10.4 Å². The Bertz CT molecular complexity index is 1280.